The highest BCUT2D eigenvalue weighted by Gasteiger charge is 2.11. The van der Waals surface area contributed by atoms with Gasteiger partial charge in [-0.2, -0.15) is 0 Å². The molecule has 7 heteroatoms. The molecule has 23 heavy (non-hydrogen) atoms. The molecule has 6 nitrogen and oxygen atoms in total. The molecule has 0 bridgehead atoms. The van der Waals surface area contributed by atoms with Crippen molar-refractivity contribution < 1.29 is 4.92 Å². The van der Waals surface area contributed by atoms with E-state index in [-0.39, 0.29) is 5.69 Å². The summed E-state index contributed by atoms with van der Waals surface area (Å²) in [6, 6.07) is 13.2. The topological polar surface area (TPSA) is 73.8 Å². The summed E-state index contributed by atoms with van der Waals surface area (Å²) in [7, 11) is 0. The molecule has 0 spiro atoms. The first-order valence-corrected chi connectivity index (χ1v) is 8.43. The second-order valence-corrected chi connectivity index (χ2v) is 6.57. The number of hydrogen-bond acceptors (Lipinski definition) is 4. The van der Waals surface area contributed by atoms with Gasteiger partial charge in [-0.1, -0.05) is 17.3 Å². The van der Waals surface area contributed by atoms with E-state index in [1.165, 1.54) is 21.3 Å². The number of fused-ring (bicyclic) bond motifs is 1. The Labute approximate surface area is 146 Å². The molecular formula is C16H15IN4O2. The molecule has 0 unspecified atom stereocenters. The average Bonchev–Trinajstić information content (AvgIpc) is 2.95. The molecule has 0 amide bonds. The Morgan fingerprint density at radius 3 is 2.65 bits per heavy atom. The maximum atomic E-state index is 10.9. The third-order valence-electron chi connectivity index (χ3n) is 3.71. The van der Waals surface area contributed by atoms with Gasteiger partial charge >= 0.3 is 0 Å². The second kappa shape index (κ2) is 7.03. The highest BCUT2D eigenvalue weighted by molar-refractivity contribution is 14.1. The molecule has 0 saturated heterocycles. The summed E-state index contributed by atoms with van der Waals surface area (Å²) < 4.78 is 2.98. The van der Waals surface area contributed by atoms with Crippen molar-refractivity contribution in [3.05, 3.63) is 61.7 Å². The van der Waals surface area contributed by atoms with Gasteiger partial charge in [0.2, 0.25) is 0 Å². The van der Waals surface area contributed by atoms with Crippen molar-refractivity contribution in [1.82, 2.24) is 15.0 Å². The lowest BCUT2D eigenvalue weighted by Crippen LogP contribution is -2.01. The van der Waals surface area contributed by atoms with Gasteiger partial charge in [0, 0.05) is 22.2 Å². The van der Waals surface area contributed by atoms with Crippen LogP contribution in [0.2, 0.25) is 0 Å². The van der Waals surface area contributed by atoms with Crippen LogP contribution in [0, 0.1) is 13.7 Å². The number of nitrogens with zero attached hydrogens (tertiary/aromatic N) is 4. The molecule has 3 aromatic rings. The van der Waals surface area contributed by atoms with Crippen LogP contribution in [0.15, 0.2) is 42.5 Å². The molecule has 118 valence electrons. The third kappa shape index (κ3) is 3.84. The molecule has 0 aliphatic heterocycles. The predicted octanol–water partition coefficient (Wildman–Crippen LogP) is 3.97. The van der Waals surface area contributed by atoms with Crippen LogP contribution in [-0.2, 0) is 13.0 Å². The van der Waals surface area contributed by atoms with Crippen molar-refractivity contribution in [1.29, 1.82) is 0 Å². The third-order valence-corrected chi connectivity index (χ3v) is 4.43. The smallest absolute Gasteiger partial charge is 0.258 e. The van der Waals surface area contributed by atoms with Gasteiger partial charge < -0.3 is 0 Å². The van der Waals surface area contributed by atoms with Gasteiger partial charge in [-0.25, -0.2) is 4.68 Å². The van der Waals surface area contributed by atoms with Crippen molar-refractivity contribution in [3.8, 4) is 0 Å². The lowest BCUT2D eigenvalue weighted by atomic mass is 10.1. The molecule has 0 fully saturated rings. The highest BCUT2D eigenvalue weighted by Crippen LogP contribution is 2.19. The first kappa shape index (κ1) is 15.9. The van der Waals surface area contributed by atoms with Gasteiger partial charge in [0.05, 0.1) is 10.4 Å². The van der Waals surface area contributed by atoms with Gasteiger partial charge in [-0.3, -0.25) is 10.1 Å². The minimum atomic E-state index is -0.395. The van der Waals surface area contributed by atoms with Gasteiger partial charge in [0.1, 0.15) is 5.52 Å². The van der Waals surface area contributed by atoms with Gasteiger partial charge in [0.15, 0.2) is 0 Å². The zero-order valence-corrected chi connectivity index (χ0v) is 14.5. The summed E-state index contributed by atoms with van der Waals surface area (Å²) in [6.45, 7) is 0.710. The van der Waals surface area contributed by atoms with Crippen LogP contribution in [0.25, 0.3) is 11.0 Å². The Hall–Kier alpha value is -2.03. The summed E-state index contributed by atoms with van der Waals surface area (Å²) in [5.41, 5.74) is 2.80. The number of rotatable bonds is 6. The van der Waals surface area contributed by atoms with E-state index in [2.05, 4.69) is 57.2 Å². The minimum Gasteiger partial charge on any atom is -0.258 e. The number of aromatic nitrogens is 3. The molecule has 0 aliphatic rings. The molecule has 1 heterocycles. The summed E-state index contributed by atoms with van der Waals surface area (Å²) in [4.78, 5) is 10.5. The number of aryl methyl sites for hydroxylation is 2. The highest BCUT2D eigenvalue weighted by atomic mass is 127. The Morgan fingerprint density at radius 2 is 1.91 bits per heavy atom. The summed E-state index contributed by atoms with van der Waals surface area (Å²) in [6.07, 6.45) is 3.01. The van der Waals surface area contributed by atoms with Crippen LogP contribution < -0.4 is 0 Å². The van der Waals surface area contributed by atoms with Crippen molar-refractivity contribution >= 4 is 39.3 Å². The minimum absolute atomic E-state index is 0.0694. The zero-order valence-electron chi connectivity index (χ0n) is 12.4. The molecule has 0 radical (unpaired) electrons. The SMILES string of the molecule is O=[N+]([O-])c1ccc2nnn(CCCCc3ccc(I)cc3)c2c1. The molecule has 3 rings (SSSR count). The van der Waals surface area contributed by atoms with E-state index >= 15 is 0 Å². The Morgan fingerprint density at radius 1 is 1.13 bits per heavy atom. The van der Waals surface area contributed by atoms with E-state index in [4.69, 9.17) is 0 Å². The van der Waals surface area contributed by atoms with Crippen LogP contribution in [0.3, 0.4) is 0 Å². The van der Waals surface area contributed by atoms with Gasteiger partial charge in [-0.05, 0) is 65.6 Å². The van der Waals surface area contributed by atoms with E-state index in [0.29, 0.717) is 17.6 Å². The number of halogens is 1. The quantitative estimate of drug-likeness (QED) is 0.261. The number of non-ortho nitro benzene ring substituents is 1. The van der Waals surface area contributed by atoms with E-state index in [9.17, 15) is 10.1 Å². The van der Waals surface area contributed by atoms with Crippen molar-refractivity contribution in [2.24, 2.45) is 0 Å². The average molecular weight is 422 g/mol. The fourth-order valence-corrected chi connectivity index (χ4v) is 2.83. The standard InChI is InChI=1S/C16H15IN4O2/c17-13-6-4-12(5-7-13)3-1-2-10-20-16-11-14(21(22)23)8-9-15(16)18-19-20/h4-9,11H,1-3,10H2. The lowest BCUT2D eigenvalue weighted by molar-refractivity contribution is -0.384. The van der Waals surface area contributed by atoms with E-state index < -0.39 is 4.92 Å². The Kier molecular flexibility index (Phi) is 4.85. The lowest BCUT2D eigenvalue weighted by Gasteiger charge is -2.03. The fraction of sp³-hybridized carbons (Fsp3) is 0.250. The molecule has 0 atom stereocenters. The van der Waals surface area contributed by atoms with Gasteiger partial charge in [-0.15, -0.1) is 5.10 Å². The molecular weight excluding hydrogens is 407 g/mol. The largest absolute Gasteiger partial charge is 0.271 e. The Bertz CT molecular complexity index is 830. The monoisotopic (exact) mass is 422 g/mol. The normalized spacial score (nSPS) is 11.0. The van der Waals surface area contributed by atoms with Crippen molar-refractivity contribution in [3.63, 3.8) is 0 Å². The van der Waals surface area contributed by atoms with Gasteiger partial charge in [0.25, 0.3) is 5.69 Å². The number of nitro groups is 1. The maximum Gasteiger partial charge on any atom is 0.271 e. The van der Waals surface area contributed by atoms with Crippen LogP contribution in [0.1, 0.15) is 18.4 Å². The number of benzene rings is 2. The van der Waals surface area contributed by atoms with E-state index in [0.717, 1.165) is 19.3 Å². The molecule has 0 aliphatic carbocycles. The predicted molar refractivity (Wildman–Crippen MR) is 96.3 cm³/mol. The number of unbranched alkanes of at least 4 members (excludes halogenated alkanes) is 1. The fourth-order valence-electron chi connectivity index (χ4n) is 2.47. The first-order chi connectivity index (χ1) is 11.1. The van der Waals surface area contributed by atoms with Crippen molar-refractivity contribution in [2.45, 2.75) is 25.8 Å². The second-order valence-electron chi connectivity index (χ2n) is 5.33. The van der Waals surface area contributed by atoms with Crippen LogP contribution >= 0.6 is 22.6 Å². The van der Waals surface area contributed by atoms with Crippen LogP contribution in [0.5, 0.6) is 0 Å². The summed E-state index contributed by atoms with van der Waals surface area (Å²) in [5.74, 6) is 0. The molecule has 2 aromatic carbocycles. The molecule has 0 N–H and O–H groups in total. The zero-order chi connectivity index (χ0) is 16.2. The van der Waals surface area contributed by atoms with Crippen LogP contribution in [0.4, 0.5) is 5.69 Å². The molecule has 0 saturated carbocycles. The molecule has 1 aromatic heterocycles. The van der Waals surface area contributed by atoms with E-state index in [1.54, 1.807) is 10.7 Å². The van der Waals surface area contributed by atoms with Crippen LogP contribution in [-0.4, -0.2) is 19.9 Å². The number of nitro benzene ring substituents is 1. The van der Waals surface area contributed by atoms with E-state index in [1.807, 2.05) is 0 Å². The number of hydrogen-bond donors (Lipinski definition) is 0. The summed E-state index contributed by atoms with van der Waals surface area (Å²) in [5, 5.41) is 19.0. The first-order valence-electron chi connectivity index (χ1n) is 7.35. The Balaban J connectivity index is 1.61. The summed E-state index contributed by atoms with van der Waals surface area (Å²) >= 11 is 2.30. The van der Waals surface area contributed by atoms with Crippen molar-refractivity contribution in [2.75, 3.05) is 0 Å². The maximum absolute atomic E-state index is 10.9.